The van der Waals surface area contributed by atoms with Gasteiger partial charge in [-0.3, -0.25) is 23.7 Å². The quantitative estimate of drug-likeness (QED) is 0.288. The molecule has 0 bridgehead atoms. The van der Waals surface area contributed by atoms with Gasteiger partial charge in [-0.05, 0) is 66.2 Å². The number of halogens is 3. The molecule has 0 radical (unpaired) electrons. The number of aromatic nitrogens is 1. The molecule has 40 heavy (non-hydrogen) atoms. The Morgan fingerprint density at radius 2 is 1.50 bits per heavy atom. The highest BCUT2D eigenvalue weighted by Gasteiger charge is 2.56. The topological polar surface area (TPSA) is 88.5 Å². The standard InChI is InChI=1S/C28H18Cl2FN3O4S2/c29-15-3-1-14(2-4-15)21-22-23(26(37)34(25(22)36)19-11-5-16(30)6-12-19)39-27-24(21)40-28(38)33(27)13-20(35)32-18-9-7-17(31)8-10-18/h1-12,21-23H,13H2,(H,32,35). The fourth-order valence-electron chi connectivity index (χ4n) is 5.01. The first-order valence-electron chi connectivity index (χ1n) is 12.1. The van der Waals surface area contributed by atoms with E-state index >= 15 is 0 Å². The molecular formula is C28H18Cl2FN3O4S2. The number of amides is 3. The summed E-state index contributed by atoms with van der Waals surface area (Å²) in [5, 5.41) is 3.28. The Kier molecular flexibility index (Phi) is 7.03. The lowest BCUT2D eigenvalue weighted by Gasteiger charge is -2.30. The van der Waals surface area contributed by atoms with Gasteiger partial charge >= 0.3 is 4.87 Å². The van der Waals surface area contributed by atoms with E-state index < -0.39 is 34.7 Å². The van der Waals surface area contributed by atoms with Gasteiger partial charge in [0, 0.05) is 26.5 Å². The Hall–Kier alpha value is -3.44. The molecule has 3 amide bonds. The van der Waals surface area contributed by atoms with Crippen molar-refractivity contribution in [2.45, 2.75) is 22.7 Å². The van der Waals surface area contributed by atoms with E-state index in [1.54, 1.807) is 48.5 Å². The number of anilines is 2. The minimum absolute atomic E-state index is 0.317. The summed E-state index contributed by atoms with van der Waals surface area (Å²) in [6, 6.07) is 18.7. The van der Waals surface area contributed by atoms with Crippen molar-refractivity contribution in [1.82, 2.24) is 4.57 Å². The molecule has 0 spiro atoms. The highest BCUT2D eigenvalue weighted by Crippen LogP contribution is 2.54. The molecule has 3 aromatic carbocycles. The first-order valence-corrected chi connectivity index (χ1v) is 14.5. The predicted octanol–water partition coefficient (Wildman–Crippen LogP) is 5.79. The largest absolute Gasteiger partial charge is 0.325 e. The van der Waals surface area contributed by atoms with Gasteiger partial charge in [-0.2, -0.15) is 0 Å². The van der Waals surface area contributed by atoms with Crippen LogP contribution in [0.25, 0.3) is 0 Å². The Bertz CT molecular complexity index is 1710. The first kappa shape index (κ1) is 26.8. The third kappa shape index (κ3) is 4.75. The summed E-state index contributed by atoms with van der Waals surface area (Å²) in [5.41, 5.74) is 1.51. The van der Waals surface area contributed by atoms with Crippen LogP contribution in [0.15, 0.2) is 82.6 Å². The van der Waals surface area contributed by atoms with Crippen molar-refractivity contribution in [2.75, 3.05) is 10.2 Å². The van der Waals surface area contributed by atoms with Crippen molar-refractivity contribution in [2.24, 2.45) is 5.92 Å². The number of nitrogens with one attached hydrogen (secondary N) is 1. The molecule has 0 saturated carbocycles. The van der Waals surface area contributed by atoms with Crippen LogP contribution >= 0.6 is 46.3 Å². The third-order valence-corrected chi connectivity index (χ3v) is 9.90. The summed E-state index contributed by atoms with van der Waals surface area (Å²) in [6.07, 6.45) is 0. The molecule has 1 fully saturated rings. The number of thiazole rings is 1. The van der Waals surface area contributed by atoms with E-state index in [9.17, 15) is 23.6 Å². The van der Waals surface area contributed by atoms with Gasteiger partial charge in [0.2, 0.25) is 17.7 Å². The summed E-state index contributed by atoms with van der Waals surface area (Å²) in [6.45, 7) is -0.317. The highest BCUT2D eigenvalue weighted by molar-refractivity contribution is 8.00. The van der Waals surface area contributed by atoms with Gasteiger partial charge in [-0.1, -0.05) is 58.4 Å². The molecule has 4 aromatic rings. The Morgan fingerprint density at radius 3 is 2.15 bits per heavy atom. The average Bonchev–Trinajstić information content (AvgIpc) is 3.37. The zero-order valence-corrected chi connectivity index (χ0v) is 23.5. The van der Waals surface area contributed by atoms with E-state index in [1.807, 2.05) is 0 Å². The van der Waals surface area contributed by atoms with Gasteiger partial charge in [-0.25, -0.2) is 9.29 Å². The Labute approximate surface area is 245 Å². The van der Waals surface area contributed by atoms with E-state index in [0.29, 0.717) is 31.3 Å². The van der Waals surface area contributed by atoms with Crippen molar-refractivity contribution in [3.05, 3.63) is 109 Å². The summed E-state index contributed by atoms with van der Waals surface area (Å²) in [4.78, 5) is 55.0. The molecule has 1 saturated heterocycles. The zero-order chi connectivity index (χ0) is 28.1. The molecule has 3 heterocycles. The zero-order valence-electron chi connectivity index (χ0n) is 20.3. The molecule has 1 N–H and O–H groups in total. The lowest BCUT2D eigenvalue weighted by atomic mass is 9.83. The minimum atomic E-state index is -0.822. The van der Waals surface area contributed by atoms with Crippen molar-refractivity contribution in [3.63, 3.8) is 0 Å². The van der Waals surface area contributed by atoms with Gasteiger partial charge in [-0.15, -0.1) is 0 Å². The molecule has 3 atom stereocenters. The highest BCUT2D eigenvalue weighted by atomic mass is 35.5. The number of hydrogen-bond acceptors (Lipinski definition) is 6. The first-order chi connectivity index (χ1) is 19.2. The fraction of sp³-hybridized carbons (Fsp3) is 0.143. The number of thioether (sulfide) groups is 1. The Balaban J connectivity index is 1.40. The number of imide groups is 1. The number of nitrogens with zero attached hydrogens (tertiary/aromatic N) is 2. The maximum absolute atomic E-state index is 13.9. The fourth-order valence-corrected chi connectivity index (χ4v) is 8.03. The maximum Gasteiger partial charge on any atom is 0.308 e. The summed E-state index contributed by atoms with van der Waals surface area (Å²) >= 11 is 14.2. The molecule has 6 rings (SSSR count). The summed E-state index contributed by atoms with van der Waals surface area (Å²) < 4.78 is 14.6. The molecular weight excluding hydrogens is 596 g/mol. The van der Waals surface area contributed by atoms with Crippen molar-refractivity contribution in [1.29, 1.82) is 0 Å². The molecule has 2 aliphatic rings. The van der Waals surface area contributed by atoms with Crippen LogP contribution < -0.4 is 15.1 Å². The lowest BCUT2D eigenvalue weighted by molar-refractivity contribution is -0.122. The Morgan fingerprint density at radius 1 is 0.875 bits per heavy atom. The molecule has 202 valence electrons. The third-order valence-electron chi connectivity index (χ3n) is 6.79. The van der Waals surface area contributed by atoms with E-state index in [2.05, 4.69) is 5.32 Å². The minimum Gasteiger partial charge on any atom is -0.325 e. The van der Waals surface area contributed by atoms with Crippen LogP contribution in [-0.4, -0.2) is 27.5 Å². The van der Waals surface area contributed by atoms with Gasteiger partial charge in [0.05, 0.1) is 16.6 Å². The van der Waals surface area contributed by atoms with Gasteiger partial charge in [0.1, 0.15) is 17.6 Å². The number of rotatable bonds is 5. The van der Waals surface area contributed by atoms with Crippen LogP contribution in [0.1, 0.15) is 16.4 Å². The van der Waals surface area contributed by atoms with Gasteiger partial charge < -0.3 is 5.32 Å². The molecule has 0 aliphatic carbocycles. The van der Waals surface area contributed by atoms with Gasteiger partial charge in [0.25, 0.3) is 0 Å². The molecule has 7 nitrogen and oxygen atoms in total. The van der Waals surface area contributed by atoms with Crippen LogP contribution in [0.2, 0.25) is 10.0 Å². The van der Waals surface area contributed by atoms with Crippen LogP contribution in [0.5, 0.6) is 0 Å². The second-order valence-electron chi connectivity index (χ2n) is 9.26. The maximum atomic E-state index is 13.9. The second kappa shape index (κ2) is 10.5. The second-order valence-corrected chi connectivity index (χ2v) is 12.3. The molecule has 12 heteroatoms. The number of carbonyl (C=O) groups excluding carboxylic acids is 3. The summed E-state index contributed by atoms with van der Waals surface area (Å²) in [7, 11) is 0. The molecule has 3 unspecified atom stereocenters. The monoisotopic (exact) mass is 613 g/mol. The predicted molar refractivity (Wildman–Crippen MR) is 154 cm³/mol. The molecule has 2 aliphatic heterocycles. The smallest absolute Gasteiger partial charge is 0.308 e. The average molecular weight is 615 g/mol. The van der Waals surface area contributed by atoms with Crippen LogP contribution in [0.3, 0.4) is 0 Å². The number of benzene rings is 3. The van der Waals surface area contributed by atoms with E-state index in [1.165, 1.54) is 33.7 Å². The lowest BCUT2D eigenvalue weighted by Crippen LogP contribution is -2.33. The van der Waals surface area contributed by atoms with Crippen LogP contribution in [-0.2, 0) is 20.9 Å². The van der Waals surface area contributed by atoms with Gasteiger partial charge in [0.15, 0.2) is 0 Å². The normalized spacial score (nSPS) is 19.9. The van der Waals surface area contributed by atoms with Crippen LogP contribution in [0.4, 0.5) is 15.8 Å². The summed E-state index contributed by atoms with van der Waals surface area (Å²) in [5.74, 6) is -3.10. The van der Waals surface area contributed by atoms with E-state index in [-0.39, 0.29) is 17.3 Å². The number of carbonyl (C=O) groups is 3. The molecule has 1 aromatic heterocycles. The van der Waals surface area contributed by atoms with Crippen LogP contribution in [0, 0.1) is 11.7 Å². The van der Waals surface area contributed by atoms with Crippen molar-refractivity contribution >= 4 is 75.4 Å². The van der Waals surface area contributed by atoms with Crippen molar-refractivity contribution < 1.29 is 18.8 Å². The number of hydrogen-bond donors (Lipinski definition) is 1. The van der Waals surface area contributed by atoms with E-state index in [0.717, 1.165) is 28.7 Å². The van der Waals surface area contributed by atoms with Crippen molar-refractivity contribution in [3.8, 4) is 0 Å². The number of fused-ring (bicyclic) bond motifs is 2. The SMILES string of the molecule is O=C(Cn1c2c(sc1=O)C(c1ccc(Cl)cc1)C1C(=O)N(c3ccc(Cl)cc3)C(=O)C1S2)Nc1ccc(F)cc1. The van der Waals surface area contributed by atoms with E-state index in [4.69, 9.17) is 23.2 Å².